The molecular weight excluding hydrogens is 535 g/mol. The first-order chi connectivity index (χ1) is 19.7. The zero-order valence-electron chi connectivity index (χ0n) is 22.8. The number of anilines is 2. The Morgan fingerprint density at radius 3 is 2.54 bits per heavy atom. The van der Waals surface area contributed by atoms with Crippen LogP contribution in [-0.4, -0.2) is 50.5 Å². The summed E-state index contributed by atoms with van der Waals surface area (Å²) in [4.78, 5) is 23.5. The molecule has 11 heteroatoms. The van der Waals surface area contributed by atoms with Crippen molar-refractivity contribution in [2.75, 3.05) is 37.5 Å². The van der Waals surface area contributed by atoms with E-state index in [2.05, 4.69) is 25.5 Å². The van der Waals surface area contributed by atoms with E-state index in [9.17, 15) is 18.0 Å². The number of halogens is 3. The Bertz CT molecular complexity index is 1600. The van der Waals surface area contributed by atoms with Crippen LogP contribution >= 0.6 is 0 Å². The number of piperidine rings is 1. The van der Waals surface area contributed by atoms with Gasteiger partial charge in [-0.1, -0.05) is 12.1 Å². The van der Waals surface area contributed by atoms with Crippen LogP contribution in [-0.2, 0) is 9.57 Å². The summed E-state index contributed by atoms with van der Waals surface area (Å²) in [6, 6.07) is 10.8. The van der Waals surface area contributed by atoms with Crippen LogP contribution in [0, 0.1) is 24.4 Å². The predicted octanol–water partition coefficient (Wildman–Crippen LogP) is 5.53. The first-order valence-corrected chi connectivity index (χ1v) is 13.0. The summed E-state index contributed by atoms with van der Waals surface area (Å²) in [5.74, 6) is -2.15. The van der Waals surface area contributed by atoms with Crippen LogP contribution in [0.2, 0.25) is 0 Å². The Morgan fingerprint density at radius 2 is 1.80 bits per heavy atom. The van der Waals surface area contributed by atoms with Crippen molar-refractivity contribution in [3.05, 3.63) is 77.7 Å². The van der Waals surface area contributed by atoms with E-state index < -0.39 is 17.7 Å². The zero-order valence-corrected chi connectivity index (χ0v) is 22.8. The third-order valence-corrected chi connectivity index (χ3v) is 7.22. The van der Waals surface area contributed by atoms with Gasteiger partial charge in [-0.05, 0) is 60.4 Å². The predicted molar refractivity (Wildman–Crippen MR) is 152 cm³/mol. The van der Waals surface area contributed by atoms with Crippen LogP contribution in [0.15, 0.2) is 54.7 Å². The summed E-state index contributed by atoms with van der Waals surface area (Å²) < 4.78 is 49.6. The van der Waals surface area contributed by atoms with Crippen molar-refractivity contribution < 1.29 is 27.5 Å². The van der Waals surface area contributed by atoms with Crippen LogP contribution in [0.4, 0.5) is 29.3 Å². The smallest absolute Gasteiger partial charge is 0.343 e. The van der Waals surface area contributed by atoms with E-state index in [1.54, 1.807) is 31.5 Å². The molecule has 1 aliphatic rings. The summed E-state index contributed by atoms with van der Waals surface area (Å²) in [7, 11) is 2.85. The number of aryl methyl sites for hydroxylation is 1. The van der Waals surface area contributed by atoms with Crippen molar-refractivity contribution in [3.63, 3.8) is 0 Å². The maximum absolute atomic E-state index is 15.0. The number of ether oxygens (including phenoxy) is 1. The molecule has 1 aromatic heterocycles. The summed E-state index contributed by atoms with van der Waals surface area (Å²) in [5.41, 5.74) is 12.1. The Balaban J connectivity index is 1.74. The number of hydrogen-bond acceptors (Lipinski definition) is 6. The molecule has 0 unspecified atom stereocenters. The van der Waals surface area contributed by atoms with E-state index in [1.165, 1.54) is 19.2 Å². The van der Waals surface area contributed by atoms with Gasteiger partial charge in [-0.2, -0.15) is 0 Å². The third-order valence-electron chi connectivity index (χ3n) is 7.22. The number of hydroxylamine groups is 1. The van der Waals surface area contributed by atoms with E-state index in [1.807, 2.05) is 13.0 Å². The molecule has 4 aromatic rings. The molecule has 4 N–H and O–H groups in total. The Kier molecular flexibility index (Phi) is 8.11. The fourth-order valence-electron chi connectivity index (χ4n) is 5.34. The largest absolute Gasteiger partial charge is 0.378 e. The summed E-state index contributed by atoms with van der Waals surface area (Å²) in [6.45, 7) is 2.89. The van der Waals surface area contributed by atoms with Crippen LogP contribution in [0.1, 0.15) is 12.0 Å². The lowest BCUT2D eigenvalue weighted by Gasteiger charge is -2.38. The van der Waals surface area contributed by atoms with Crippen molar-refractivity contribution in [1.82, 2.24) is 10.5 Å². The zero-order chi connectivity index (χ0) is 29.3. The van der Waals surface area contributed by atoms with Crippen molar-refractivity contribution >= 4 is 28.3 Å². The lowest BCUT2D eigenvalue weighted by Crippen LogP contribution is -2.51. The Morgan fingerprint density at radius 1 is 1.02 bits per heavy atom. The highest BCUT2D eigenvalue weighted by atomic mass is 19.1. The molecule has 3 aromatic carbocycles. The highest BCUT2D eigenvalue weighted by molar-refractivity contribution is 6.03. The summed E-state index contributed by atoms with van der Waals surface area (Å²) in [5, 5.41) is 3.06. The topological polar surface area (TPSA) is 102 Å². The first kappa shape index (κ1) is 28.3. The van der Waals surface area contributed by atoms with Gasteiger partial charge in [0.1, 0.15) is 17.5 Å². The SMILES string of the molecule is CONC(=O)Nc1c(F)cc(F)cc1-c1ccc2ncc(-c3cc(C)cc(F)c3)c(N3CC[C@@H](N)[C@H](OC)C3)c2c1. The molecular formula is C30H30F3N5O3. The average molecular weight is 566 g/mol. The highest BCUT2D eigenvalue weighted by Gasteiger charge is 2.29. The van der Waals surface area contributed by atoms with Gasteiger partial charge in [-0.15, -0.1) is 0 Å². The van der Waals surface area contributed by atoms with Crippen molar-refractivity contribution in [2.24, 2.45) is 5.73 Å². The molecule has 0 saturated carbocycles. The number of rotatable bonds is 6. The molecule has 2 atom stereocenters. The molecule has 1 saturated heterocycles. The number of aromatic nitrogens is 1. The molecule has 5 rings (SSSR count). The molecule has 8 nitrogen and oxygen atoms in total. The second kappa shape index (κ2) is 11.7. The monoisotopic (exact) mass is 565 g/mol. The van der Waals surface area contributed by atoms with Gasteiger partial charge < -0.3 is 20.7 Å². The molecule has 1 fully saturated rings. The van der Waals surface area contributed by atoms with Crippen molar-refractivity contribution in [3.8, 4) is 22.3 Å². The van der Waals surface area contributed by atoms with Gasteiger partial charge in [-0.25, -0.2) is 23.4 Å². The first-order valence-electron chi connectivity index (χ1n) is 13.0. The molecule has 0 spiro atoms. The molecule has 1 aliphatic heterocycles. The maximum Gasteiger partial charge on any atom is 0.343 e. The number of nitrogens with zero attached hydrogens (tertiary/aromatic N) is 2. The van der Waals surface area contributed by atoms with Gasteiger partial charge in [0.25, 0.3) is 0 Å². The molecule has 0 radical (unpaired) electrons. The lowest BCUT2D eigenvalue weighted by molar-refractivity contribution is 0.0731. The second-order valence-electron chi connectivity index (χ2n) is 10.0. The normalized spacial score (nSPS) is 17.1. The van der Waals surface area contributed by atoms with Crippen LogP contribution in [0.25, 0.3) is 33.2 Å². The molecule has 41 heavy (non-hydrogen) atoms. The maximum atomic E-state index is 15.0. The van der Waals surface area contributed by atoms with Crippen LogP contribution in [0.5, 0.6) is 0 Å². The quantitative estimate of drug-likeness (QED) is 0.266. The number of hydrogen-bond donors (Lipinski definition) is 3. The third kappa shape index (κ3) is 5.83. The molecule has 2 heterocycles. The number of methoxy groups -OCH3 is 1. The summed E-state index contributed by atoms with van der Waals surface area (Å²) >= 11 is 0. The van der Waals surface area contributed by atoms with Gasteiger partial charge >= 0.3 is 6.03 Å². The van der Waals surface area contributed by atoms with E-state index in [-0.39, 0.29) is 29.2 Å². The van der Waals surface area contributed by atoms with Crippen LogP contribution < -0.4 is 21.4 Å². The van der Waals surface area contributed by atoms with Gasteiger partial charge in [0.05, 0.1) is 30.1 Å². The minimum Gasteiger partial charge on any atom is -0.378 e. The van der Waals surface area contributed by atoms with E-state index in [0.717, 1.165) is 17.3 Å². The number of amides is 2. The number of pyridine rings is 1. The van der Waals surface area contributed by atoms with E-state index in [4.69, 9.17) is 10.5 Å². The Hall–Kier alpha value is -4.19. The fourth-order valence-corrected chi connectivity index (χ4v) is 5.34. The second-order valence-corrected chi connectivity index (χ2v) is 10.0. The summed E-state index contributed by atoms with van der Waals surface area (Å²) in [6.07, 6.45) is 2.11. The van der Waals surface area contributed by atoms with Crippen molar-refractivity contribution in [1.29, 1.82) is 0 Å². The average Bonchev–Trinajstić information content (AvgIpc) is 2.93. The number of fused-ring (bicyclic) bond motifs is 1. The number of nitrogens with two attached hydrogens (primary N) is 1. The number of carbonyl (C=O) groups is 1. The molecule has 214 valence electrons. The lowest BCUT2D eigenvalue weighted by atomic mass is 9.94. The van der Waals surface area contributed by atoms with Gasteiger partial charge in [-0.3, -0.25) is 9.82 Å². The minimum atomic E-state index is -0.957. The minimum absolute atomic E-state index is 0.115. The highest BCUT2D eigenvalue weighted by Crippen LogP contribution is 2.41. The van der Waals surface area contributed by atoms with Gasteiger partial charge in [0, 0.05) is 55.0 Å². The standard InChI is InChI=1S/C30H30F3N5O3/c1-16-8-18(10-19(31)9-16)23-14-35-26-5-4-17(11-22(26)29(23)38-7-6-25(34)27(15-38)40-2)21-12-20(32)13-24(33)28(21)36-30(39)37-41-3/h4-5,8-14,25,27H,6-7,15,34H2,1-3H3,(H2,36,37,39)/t25-,27-/m1/s1. The number of carbonyl (C=O) groups excluding carboxylic acids is 1. The van der Waals surface area contributed by atoms with E-state index >= 15 is 0 Å². The van der Waals surface area contributed by atoms with Crippen molar-refractivity contribution in [2.45, 2.75) is 25.5 Å². The molecule has 0 aliphatic carbocycles. The van der Waals surface area contributed by atoms with Gasteiger partial charge in [0.2, 0.25) is 0 Å². The van der Waals surface area contributed by atoms with Gasteiger partial charge in [0.15, 0.2) is 0 Å². The number of nitrogens with one attached hydrogen (secondary N) is 2. The number of urea groups is 1. The van der Waals surface area contributed by atoms with E-state index in [0.29, 0.717) is 53.2 Å². The molecule has 2 amide bonds. The molecule has 0 bridgehead atoms. The van der Waals surface area contributed by atoms with Crippen LogP contribution in [0.3, 0.4) is 0 Å². The number of benzene rings is 3. The fraction of sp³-hybridized carbons (Fsp3) is 0.267. The Labute approximate surface area is 235 Å².